The van der Waals surface area contributed by atoms with Crippen molar-refractivity contribution >= 4 is 11.6 Å². The molecule has 0 saturated heterocycles. The molecule has 1 aliphatic rings. The Kier molecular flexibility index (Phi) is 4.55. The van der Waals surface area contributed by atoms with E-state index in [1.165, 1.54) is 6.07 Å². The topological polar surface area (TPSA) is 68.9 Å². The number of nitrogens with zero attached hydrogens (tertiary/aromatic N) is 1. The maximum Gasteiger partial charge on any atom is 0.193 e. The Labute approximate surface area is 140 Å². The van der Waals surface area contributed by atoms with Crippen LogP contribution in [0.1, 0.15) is 17.9 Å². The molecule has 0 heterocycles. The van der Waals surface area contributed by atoms with Gasteiger partial charge in [-0.1, -0.05) is 18.2 Å². The summed E-state index contributed by atoms with van der Waals surface area (Å²) in [6.07, 6.45) is 0.801. The van der Waals surface area contributed by atoms with Gasteiger partial charge in [-0.15, -0.1) is 0 Å². The molecule has 0 spiro atoms. The Bertz CT molecular complexity index is 764. The van der Waals surface area contributed by atoms with Crippen molar-refractivity contribution in [3.8, 4) is 11.5 Å². The Hall–Kier alpha value is -2.76. The predicted molar refractivity (Wildman–Crippen MR) is 92.3 cm³/mol. The van der Waals surface area contributed by atoms with Crippen molar-refractivity contribution in [1.29, 1.82) is 0 Å². The van der Waals surface area contributed by atoms with Gasteiger partial charge in [-0.25, -0.2) is 9.38 Å². The van der Waals surface area contributed by atoms with Crippen molar-refractivity contribution in [2.75, 3.05) is 19.5 Å². The largest absolute Gasteiger partial charge is 0.493 e. The molecule has 1 aliphatic carbocycles. The van der Waals surface area contributed by atoms with E-state index < -0.39 is 0 Å². The first-order valence-corrected chi connectivity index (χ1v) is 7.69. The van der Waals surface area contributed by atoms with E-state index in [1.807, 2.05) is 12.1 Å². The number of guanidine groups is 1. The number of hydrogen-bond acceptors (Lipinski definition) is 3. The third kappa shape index (κ3) is 3.42. The molecule has 2 unspecified atom stereocenters. The summed E-state index contributed by atoms with van der Waals surface area (Å²) < 4.78 is 24.2. The highest BCUT2D eigenvalue weighted by molar-refractivity contribution is 5.92. The van der Waals surface area contributed by atoms with Crippen LogP contribution in [0.15, 0.2) is 47.5 Å². The number of benzene rings is 2. The van der Waals surface area contributed by atoms with E-state index in [2.05, 4.69) is 10.3 Å². The Morgan fingerprint density at radius 2 is 1.92 bits per heavy atom. The summed E-state index contributed by atoms with van der Waals surface area (Å²) in [6, 6.07) is 12.2. The molecule has 0 aromatic heterocycles. The van der Waals surface area contributed by atoms with Crippen LogP contribution in [0.3, 0.4) is 0 Å². The molecule has 1 saturated carbocycles. The molecule has 6 heteroatoms. The van der Waals surface area contributed by atoms with E-state index in [4.69, 9.17) is 15.2 Å². The molecule has 24 heavy (non-hydrogen) atoms. The highest BCUT2D eigenvalue weighted by atomic mass is 19.1. The fourth-order valence-electron chi connectivity index (χ4n) is 2.71. The number of halogens is 1. The average Bonchev–Trinajstić information content (AvgIpc) is 3.33. The van der Waals surface area contributed by atoms with Gasteiger partial charge in [0.05, 0.1) is 20.3 Å². The van der Waals surface area contributed by atoms with Crippen LogP contribution in [0.5, 0.6) is 11.5 Å². The van der Waals surface area contributed by atoms with Gasteiger partial charge in [0.2, 0.25) is 0 Å². The second kappa shape index (κ2) is 6.78. The van der Waals surface area contributed by atoms with Gasteiger partial charge >= 0.3 is 0 Å². The number of nitrogens with one attached hydrogen (secondary N) is 1. The van der Waals surface area contributed by atoms with Gasteiger partial charge in [0.15, 0.2) is 17.5 Å². The zero-order chi connectivity index (χ0) is 17.1. The van der Waals surface area contributed by atoms with Gasteiger partial charge in [-0.3, -0.25) is 0 Å². The molecule has 2 atom stereocenters. The van der Waals surface area contributed by atoms with E-state index in [1.54, 1.807) is 38.5 Å². The minimum absolute atomic E-state index is 0.00884. The van der Waals surface area contributed by atoms with Crippen LogP contribution in [0, 0.1) is 5.82 Å². The molecular weight excluding hydrogens is 309 g/mol. The van der Waals surface area contributed by atoms with Gasteiger partial charge in [-0.2, -0.15) is 0 Å². The average molecular weight is 329 g/mol. The van der Waals surface area contributed by atoms with Gasteiger partial charge < -0.3 is 20.5 Å². The number of methoxy groups -OCH3 is 2. The minimum atomic E-state index is -0.188. The van der Waals surface area contributed by atoms with Gasteiger partial charge in [0.25, 0.3) is 0 Å². The van der Waals surface area contributed by atoms with Crippen LogP contribution in [-0.4, -0.2) is 26.2 Å². The van der Waals surface area contributed by atoms with E-state index in [0.29, 0.717) is 23.0 Å². The number of aliphatic imine (C=N–C) groups is 1. The molecule has 1 fully saturated rings. The van der Waals surface area contributed by atoms with Crippen LogP contribution < -0.4 is 20.5 Å². The molecular formula is C18H20FN3O2. The van der Waals surface area contributed by atoms with Crippen molar-refractivity contribution < 1.29 is 13.9 Å². The lowest BCUT2D eigenvalue weighted by Gasteiger charge is -2.11. The fourth-order valence-corrected chi connectivity index (χ4v) is 2.71. The molecule has 3 rings (SSSR count). The van der Waals surface area contributed by atoms with Gasteiger partial charge in [-0.05, 0) is 30.2 Å². The summed E-state index contributed by atoms with van der Waals surface area (Å²) in [5, 5.41) is 3.02. The van der Waals surface area contributed by atoms with Crippen LogP contribution in [-0.2, 0) is 0 Å². The number of hydrogen-bond donors (Lipinski definition) is 2. The molecule has 0 amide bonds. The van der Waals surface area contributed by atoms with Crippen molar-refractivity contribution in [3.63, 3.8) is 0 Å². The lowest BCUT2D eigenvalue weighted by atomic mass is 10.1. The third-order valence-corrected chi connectivity index (χ3v) is 4.02. The summed E-state index contributed by atoms with van der Waals surface area (Å²) in [7, 11) is 3.15. The normalized spacial score (nSPS) is 19.7. The van der Waals surface area contributed by atoms with Crippen LogP contribution >= 0.6 is 0 Å². The summed E-state index contributed by atoms with van der Waals surface area (Å²) in [5.74, 6) is 1.45. The first-order valence-electron chi connectivity index (χ1n) is 7.69. The molecule has 0 radical (unpaired) electrons. The third-order valence-electron chi connectivity index (χ3n) is 4.02. The second-order valence-corrected chi connectivity index (χ2v) is 5.64. The number of rotatable bonds is 5. The standard InChI is InChI=1S/C18H20FN3O2/c1-23-16-8-7-11(9-17(16)24-2)21-18(20)22-15-10-13(15)12-5-3-4-6-14(12)19/h3-9,13,15H,10H2,1-2H3,(H3,20,21,22). The Morgan fingerprint density at radius 3 is 2.62 bits per heavy atom. The number of nitrogens with two attached hydrogens (primary N) is 1. The first-order chi connectivity index (χ1) is 11.6. The summed E-state index contributed by atoms with van der Waals surface area (Å²) in [5.41, 5.74) is 7.41. The first kappa shape index (κ1) is 16.1. The molecule has 0 bridgehead atoms. The molecule has 2 aromatic rings. The van der Waals surface area contributed by atoms with Crippen molar-refractivity contribution in [2.45, 2.75) is 18.4 Å². The summed E-state index contributed by atoms with van der Waals surface area (Å²) in [6.45, 7) is 0. The molecule has 2 aromatic carbocycles. The van der Waals surface area contributed by atoms with Crippen LogP contribution in [0.2, 0.25) is 0 Å². The Morgan fingerprint density at radius 1 is 1.17 bits per heavy atom. The minimum Gasteiger partial charge on any atom is -0.493 e. The molecule has 126 valence electrons. The molecule has 5 nitrogen and oxygen atoms in total. The van der Waals surface area contributed by atoms with Crippen LogP contribution in [0.4, 0.5) is 10.1 Å². The number of anilines is 1. The smallest absolute Gasteiger partial charge is 0.193 e. The molecule has 3 N–H and O–H groups in total. The lowest BCUT2D eigenvalue weighted by Crippen LogP contribution is -2.23. The Balaban J connectivity index is 1.67. The van der Waals surface area contributed by atoms with E-state index in [-0.39, 0.29) is 17.8 Å². The monoisotopic (exact) mass is 329 g/mol. The lowest BCUT2D eigenvalue weighted by molar-refractivity contribution is 0.355. The predicted octanol–water partition coefficient (Wildman–Crippen LogP) is 3.13. The van der Waals surface area contributed by atoms with E-state index in [9.17, 15) is 4.39 Å². The van der Waals surface area contributed by atoms with E-state index >= 15 is 0 Å². The zero-order valence-corrected chi connectivity index (χ0v) is 13.6. The fraction of sp³-hybridized carbons (Fsp3) is 0.278. The summed E-state index contributed by atoms with van der Waals surface area (Å²) >= 11 is 0. The van der Waals surface area contributed by atoms with Crippen molar-refractivity contribution in [3.05, 3.63) is 53.8 Å². The van der Waals surface area contributed by atoms with Crippen molar-refractivity contribution in [2.24, 2.45) is 10.7 Å². The SMILES string of the molecule is COc1ccc(NC(N)=NC2CC2c2ccccc2F)cc1OC. The van der Waals surface area contributed by atoms with E-state index in [0.717, 1.165) is 12.1 Å². The maximum absolute atomic E-state index is 13.8. The highest BCUT2D eigenvalue weighted by Crippen LogP contribution is 2.44. The molecule has 0 aliphatic heterocycles. The van der Waals surface area contributed by atoms with Crippen LogP contribution in [0.25, 0.3) is 0 Å². The van der Waals surface area contributed by atoms with Crippen molar-refractivity contribution in [1.82, 2.24) is 0 Å². The van der Waals surface area contributed by atoms with Gasteiger partial charge in [0, 0.05) is 17.7 Å². The quantitative estimate of drug-likeness (QED) is 0.653. The number of ether oxygens (including phenoxy) is 2. The zero-order valence-electron chi connectivity index (χ0n) is 13.6. The highest BCUT2D eigenvalue weighted by Gasteiger charge is 2.40. The second-order valence-electron chi connectivity index (χ2n) is 5.64. The maximum atomic E-state index is 13.8. The van der Waals surface area contributed by atoms with Gasteiger partial charge in [0.1, 0.15) is 5.82 Å². The summed E-state index contributed by atoms with van der Waals surface area (Å²) in [4.78, 5) is 4.43.